The summed E-state index contributed by atoms with van der Waals surface area (Å²) in [5.74, 6) is -0.605. The third-order valence-corrected chi connectivity index (χ3v) is 3.62. The van der Waals surface area contributed by atoms with Gasteiger partial charge in [0.1, 0.15) is 6.04 Å². The van der Waals surface area contributed by atoms with Gasteiger partial charge in [-0.2, -0.15) is 0 Å². The van der Waals surface area contributed by atoms with Gasteiger partial charge in [-0.05, 0) is 32.4 Å². The lowest BCUT2D eigenvalue weighted by Gasteiger charge is -2.17. The molecule has 4 heteroatoms. The molecular formula is C18H27NO3. The number of hydrogen-bond donors (Lipinski definition) is 1. The van der Waals surface area contributed by atoms with E-state index in [0.717, 1.165) is 36.8 Å². The number of benzene rings is 1. The molecule has 4 nitrogen and oxygen atoms in total. The smallest absolute Gasteiger partial charge is 0.328 e. The molecule has 1 aromatic carbocycles. The highest BCUT2D eigenvalue weighted by Gasteiger charge is 2.21. The molecule has 0 bridgehead atoms. The van der Waals surface area contributed by atoms with E-state index in [0.29, 0.717) is 12.0 Å². The maximum atomic E-state index is 12.3. The largest absolute Gasteiger partial charge is 0.467 e. The molecule has 0 spiro atoms. The Morgan fingerprint density at radius 2 is 1.73 bits per heavy atom. The van der Waals surface area contributed by atoms with Gasteiger partial charge in [-0.15, -0.1) is 0 Å². The van der Waals surface area contributed by atoms with Crippen molar-refractivity contribution in [3.63, 3.8) is 0 Å². The quantitative estimate of drug-likeness (QED) is 0.590. The third kappa shape index (κ3) is 5.88. The summed E-state index contributed by atoms with van der Waals surface area (Å²) in [7, 11) is 1.35. The minimum absolute atomic E-state index is 0.224. The van der Waals surface area contributed by atoms with Crippen LogP contribution >= 0.6 is 0 Å². The Hall–Kier alpha value is -1.84. The molecular weight excluding hydrogens is 278 g/mol. The van der Waals surface area contributed by atoms with E-state index in [1.54, 1.807) is 0 Å². The monoisotopic (exact) mass is 305 g/mol. The summed E-state index contributed by atoms with van der Waals surface area (Å²) in [6.45, 7) is 6.04. The van der Waals surface area contributed by atoms with E-state index in [9.17, 15) is 9.59 Å². The van der Waals surface area contributed by atoms with Crippen LogP contribution in [0.1, 0.15) is 60.5 Å². The highest BCUT2D eigenvalue weighted by Crippen LogP contribution is 2.11. The van der Waals surface area contributed by atoms with Crippen LogP contribution in [-0.4, -0.2) is 25.0 Å². The van der Waals surface area contributed by atoms with Crippen molar-refractivity contribution in [2.24, 2.45) is 0 Å². The second-order valence-corrected chi connectivity index (χ2v) is 5.77. The van der Waals surface area contributed by atoms with Crippen molar-refractivity contribution >= 4 is 11.9 Å². The first-order valence-corrected chi connectivity index (χ1v) is 7.95. The average Bonchev–Trinajstić information content (AvgIpc) is 2.48. The van der Waals surface area contributed by atoms with E-state index >= 15 is 0 Å². The molecule has 0 aliphatic rings. The lowest BCUT2D eigenvalue weighted by Crippen LogP contribution is -2.41. The Balaban J connectivity index is 2.71. The zero-order valence-electron chi connectivity index (χ0n) is 14.1. The Kier molecular flexibility index (Phi) is 7.64. The fourth-order valence-corrected chi connectivity index (χ4v) is 2.51. The molecule has 122 valence electrons. The number of unbranched alkanes of at least 4 members (excludes halogenated alkanes) is 3. The summed E-state index contributed by atoms with van der Waals surface area (Å²) < 4.78 is 4.80. The fourth-order valence-electron chi connectivity index (χ4n) is 2.51. The normalized spacial score (nSPS) is 11.8. The van der Waals surface area contributed by atoms with Crippen molar-refractivity contribution in [1.82, 2.24) is 5.32 Å². The van der Waals surface area contributed by atoms with Gasteiger partial charge in [-0.1, -0.05) is 49.8 Å². The van der Waals surface area contributed by atoms with Crippen molar-refractivity contribution in [1.29, 1.82) is 0 Å². The molecule has 22 heavy (non-hydrogen) atoms. The van der Waals surface area contributed by atoms with Crippen LogP contribution in [0.5, 0.6) is 0 Å². The van der Waals surface area contributed by atoms with Crippen LogP contribution in [0, 0.1) is 13.8 Å². The maximum Gasteiger partial charge on any atom is 0.328 e. The van der Waals surface area contributed by atoms with Crippen molar-refractivity contribution in [3.8, 4) is 0 Å². The number of methoxy groups -OCH3 is 1. The fraction of sp³-hybridized carbons (Fsp3) is 0.556. The molecule has 1 aromatic rings. The molecule has 0 radical (unpaired) electrons. The zero-order valence-corrected chi connectivity index (χ0v) is 14.1. The van der Waals surface area contributed by atoms with Gasteiger partial charge in [-0.3, -0.25) is 4.79 Å². The number of hydrogen-bond acceptors (Lipinski definition) is 3. The van der Waals surface area contributed by atoms with Crippen LogP contribution in [-0.2, 0) is 9.53 Å². The summed E-state index contributed by atoms with van der Waals surface area (Å²) in [5.41, 5.74) is 2.64. The van der Waals surface area contributed by atoms with E-state index in [1.807, 2.05) is 32.0 Å². The van der Waals surface area contributed by atoms with Crippen molar-refractivity contribution in [2.45, 2.75) is 58.9 Å². The lowest BCUT2D eigenvalue weighted by atomic mass is 10.0. The molecule has 1 atom stereocenters. The van der Waals surface area contributed by atoms with Crippen LogP contribution in [0.3, 0.4) is 0 Å². The van der Waals surface area contributed by atoms with Gasteiger partial charge >= 0.3 is 5.97 Å². The first-order chi connectivity index (χ1) is 10.5. The maximum absolute atomic E-state index is 12.3. The van der Waals surface area contributed by atoms with E-state index in [4.69, 9.17) is 4.74 Å². The SMILES string of the molecule is CCCCCC[C@@H](NC(=O)c1cc(C)cc(C)c1)C(=O)OC. The van der Waals surface area contributed by atoms with E-state index in [2.05, 4.69) is 12.2 Å². The molecule has 1 N–H and O–H groups in total. The number of rotatable bonds is 8. The molecule has 0 saturated heterocycles. The van der Waals surface area contributed by atoms with Gasteiger partial charge in [0.25, 0.3) is 5.91 Å². The van der Waals surface area contributed by atoms with E-state index in [-0.39, 0.29) is 11.9 Å². The summed E-state index contributed by atoms with van der Waals surface area (Å²) in [4.78, 5) is 24.2. The van der Waals surface area contributed by atoms with Gasteiger partial charge in [0.15, 0.2) is 0 Å². The summed E-state index contributed by atoms with van der Waals surface area (Å²) in [6.07, 6.45) is 4.85. The molecule has 0 saturated carbocycles. The molecule has 0 aromatic heterocycles. The number of nitrogens with one attached hydrogen (secondary N) is 1. The molecule has 1 rings (SSSR count). The van der Waals surface area contributed by atoms with Gasteiger partial charge in [0.2, 0.25) is 0 Å². The van der Waals surface area contributed by atoms with Crippen molar-refractivity contribution < 1.29 is 14.3 Å². The topological polar surface area (TPSA) is 55.4 Å². The third-order valence-electron chi connectivity index (χ3n) is 3.62. The predicted octanol–water partition coefficient (Wildman–Crippen LogP) is 3.55. The average molecular weight is 305 g/mol. The van der Waals surface area contributed by atoms with Crippen LogP contribution in [0.25, 0.3) is 0 Å². The summed E-state index contributed by atoms with van der Waals surface area (Å²) in [6, 6.07) is 5.09. The minimum atomic E-state index is -0.574. The molecule has 0 aliphatic heterocycles. The minimum Gasteiger partial charge on any atom is -0.467 e. The number of carbonyl (C=O) groups is 2. The Labute approximate surface area is 133 Å². The van der Waals surface area contributed by atoms with Crippen LogP contribution in [0.4, 0.5) is 0 Å². The predicted molar refractivity (Wildman–Crippen MR) is 87.9 cm³/mol. The van der Waals surface area contributed by atoms with Gasteiger partial charge in [-0.25, -0.2) is 4.79 Å². The highest BCUT2D eigenvalue weighted by molar-refractivity contribution is 5.97. The summed E-state index contributed by atoms with van der Waals surface area (Å²) >= 11 is 0. The van der Waals surface area contributed by atoms with Crippen LogP contribution < -0.4 is 5.32 Å². The Bertz CT molecular complexity index is 491. The Morgan fingerprint density at radius 3 is 2.27 bits per heavy atom. The lowest BCUT2D eigenvalue weighted by molar-refractivity contribution is -0.143. The van der Waals surface area contributed by atoms with Crippen LogP contribution in [0.15, 0.2) is 18.2 Å². The van der Waals surface area contributed by atoms with Gasteiger partial charge < -0.3 is 10.1 Å². The van der Waals surface area contributed by atoms with Gasteiger partial charge in [0, 0.05) is 5.56 Å². The van der Waals surface area contributed by atoms with Crippen molar-refractivity contribution in [2.75, 3.05) is 7.11 Å². The second-order valence-electron chi connectivity index (χ2n) is 5.77. The number of amides is 1. The molecule has 0 fully saturated rings. The molecule has 0 unspecified atom stereocenters. The second kappa shape index (κ2) is 9.23. The van der Waals surface area contributed by atoms with Crippen molar-refractivity contribution in [3.05, 3.63) is 34.9 Å². The van der Waals surface area contributed by atoms with E-state index < -0.39 is 6.04 Å². The number of ether oxygens (including phenoxy) is 1. The van der Waals surface area contributed by atoms with E-state index in [1.165, 1.54) is 7.11 Å². The first-order valence-electron chi connectivity index (χ1n) is 7.95. The van der Waals surface area contributed by atoms with Crippen LogP contribution in [0.2, 0.25) is 0 Å². The van der Waals surface area contributed by atoms with Gasteiger partial charge in [0.05, 0.1) is 7.11 Å². The Morgan fingerprint density at radius 1 is 1.09 bits per heavy atom. The highest BCUT2D eigenvalue weighted by atomic mass is 16.5. The molecule has 0 heterocycles. The zero-order chi connectivity index (χ0) is 16.5. The molecule has 1 amide bonds. The molecule has 0 aliphatic carbocycles. The first kappa shape index (κ1) is 18.2. The number of aryl methyl sites for hydroxylation is 2. The number of carbonyl (C=O) groups excluding carboxylic acids is 2. The number of esters is 1. The summed E-state index contributed by atoms with van der Waals surface area (Å²) in [5, 5.41) is 2.80. The standard InChI is InChI=1S/C18H27NO3/c1-5-6-7-8-9-16(18(21)22-4)19-17(20)15-11-13(2)10-14(3)12-15/h10-12,16H,5-9H2,1-4H3,(H,19,20)/t16-/m1/s1.